The third kappa shape index (κ3) is 5.14. The third-order valence-corrected chi connectivity index (χ3v) is 2.71. The van der Waals surface area contributed by atoms with E-state index in [2.05, 4.69) is 15.4 Å². The van der Waals surface area contributed by atoms with Crippen LogP contribution >= 0.6 is 0 Å². The number of benzene rings is 1. The fraction of sp³-hybridized carbons (Fsp3) is 0.364. The molecule has 1 amide bonds. The molecule has 106 valence electrons. The lowest BCUT2D eigenvalue weighted by Crippen LogP contribution is -2.25. The minimum atomic E-state index is -3.42. The Balaban J connectivity index is 2.98. The standard InChI is InChI=1S/C11H17N3O4S/c1-12-7-11(15)13-8-4-5-10(18-2)9(6-8)14-19(3,16)17/h4-6,12,14H,7H2,1-3H3,(H,13,15). The van der Waals surface area contributed by atoms with Gasteiger partial charge in [0.2, 0.25) is 15.9 Å². The molecule has 0 radical (unpaired) electrons. The molecule has 1 rings (SSSR count). The maximum atomic E-state index is 11.4. The summed E-state index contributed by atoms with van der Waals surface area (Å²) in [5.41, 5.74) is 0.749. The first-order valence-corrected chi connectivity index (χ1v) is 7.35. The van der Waals surface area contributed by atoms with E-state index in [9.17, 15) is 13.2 Å². The van der Waals surface area contributed by atoms with Crippen LogP contribution in [0.4, 0.5) is 11.4 Å². The highest BCUT2D eigenvalue weighted by Gasteiger charge is 2.10. The molecule has 0 saturated carbocycles. The molecule has 0 aliphatic rings. The molecule has 0 atom stereocenters. The summed E-state index contributed by atoms with van der Waals surface area (Å²) < 4.78 is 29.9. The van der Waals surface area contributed by atoms with Crippen molar-refractivity contribution in [3.8, 4) is 5.75 Å². The Hall–Kier alpha value is -1.80. The van der Waals surface area contributed by atoms with Crippen LogP contribution in [0.3, 0.4) is 0 Å². The van der Waals surface area contributed by atoms with E-state index in [1.165, 1.54) is 13.2 Å². The minimum Gasteiger partial charge on any atom is -0.495 e. The van der Waals surface area contributed by atoms with Crippen molar-refractivity contribution in [3.05, 3.63) is 18.2 Å². The molecule has 0 aliphatic carbocycles. The fourth-order valence-electron chi connectivity index (χ4n) is 1.43. The Labute approximate surface area is 112 Å². The zero-order valence-corrected chi connectivity index (χ0v) is 11.8. The summed E-state index contributed by atoms with van der Waals surface area (Å²) in [6.07, 6.45) is 1.04. The molecule has 8 heteroatoms. The second-order valence-corrected chi connectivity index (χ2v) is 5.62. The molecular formula is C11H17N3O4S. The molecule has 1 aromatic carbocycles. The molecule has 0 aliphatic heterocycles. The molecule has 0 aromatic heterocycles. The van der Waals surface area contributed by atoms with E-state index < -0.39 is 10.0 Å². The zero-order valence-electron chi connectivity index (χ0n) is 11.0. The Bertz CT molecular complexity index is 557. The van der Waals surface area contributed by atoms with E-state index in [1.54, 1.807) is 19.2 Å². The summed E-state index contributed by atoms with van der Waals surface area (Å²) in [5.74, 6) is 0.148. The number of carbonyl (C=O) groups excluding carboxylic acids is 1. The number of hydrogen-bond acceptors (Lipinski definition) is 5. The minimum absolute atomic E-state index is 0.168. The predicted molar refractivity (Wildman–Crippen MR) is 74.0 cm³/mol. The van der Waals surface area contributed by atoms with Crippen molar-refractivity contribution >= 4 is 27.3 Å². The largest absolute Gasteiger partial charge is 0.495 e. The van der Waals surface area contributed by atoms with Crippen LogP contribution in [0.1, 0.15) is 0 Å². The summed E-state index contributed by atoms with van der Waals surface area (Å²) >= 11 is 0. The second kappa shape index (κ2) is 6.39. The van der Waals surface area contributed by atoms with Gasteiger partial charge in [0.1, 0.15) is 5.75 Å². The predicted octanol–water partition coefficient (Wildman–Crippen LogP) is 0.225. The van der Waals surface area contributed by atoms with Crippen LogP contribution in [-0.2, 0) is 14.8 Å². The summed E-state index contributed by atoms with van der Waals surface area (Å²) in [4.78, 5) is 11.4. The van der Waals surface area contributed by atoms with Crippen molar-refractivity contribution in [2.45, 2.75) is 0 Å². The average molecular weight is 287 g/mol. The maximum absolute atomic E-state index is 11.4. The highest BCUT2D eigenvalue weighted by Crippen LogP contribution is 2.28. The van der Waals surface area contributed by atoms with Crippen LogP contribution in [0.25, 0.3) is 0 Å². The molecule has 0 unspecified atom stereocenters. The Morgan fingerprint density at radius 1 is 1.37 bits per heavy atom. The monoisotopic (exact) mass is 287 g/mol. The first-order chi connectivity index (χ1) is 8.85. The zero-order chi connectivity index (χ0) is 14.5. The van der Waals surface area contributed by atoms with Crippen molar-refractivity contribution in [1.29, 1.82) is 0 Å². The van der Waals surface area contributed by atoms with Gasteiger partial charge in [0.15, 0.2) is 0 Å². The normalized spacial score (nSPS) is 10.9. The molecule has 0 heterocycles. The molecule has 1 aromatic rings. The van der Waals surface area contributed by atoms with Gasteiger partial charge in [-0.3, -0.25) is 9.52 Å². The summed E-state index contributed by atoms with van der Waals surface area (Å²) in [7, 11) is -0.331. The lowest BCUT2D eigenvalue weighted by Gasteiger charge is -2.12. The van der Waals surface area contributed by atoms with E-state index in [4.69, 9.17) is 4.74 Å². The van der Waals surface area contributed by atoms with Crippen LogP contribution in [0.5, 0.6) is 5.75 Å². The number of likely N-dealkylation sites (N-methyl/N-ethyl adjacent to an activating group) is 1. The van der Waals surface area contributed by atoms with Gasteiger partial charge in [0.25, 0.3) is 0 Å². The smallest absolute Gasteiger partial charge is 0.238 e. The van der Waals surface area contributed by atoms with Gasteiger partial charge in [-0.25, -0.2) is 8.42 Å². The number of hydrogen-bond donors (Lipinski definition) is 3. The lowest BCUT2D eigenvalue weighted by atomic mass is 10.2. The number of amides is 1. The van der Waals surface area contributed by atoms with Crippen LogP contribution < -0.4 is 20.1 Å². The van der Waals surface area contributed by atoms with E-state index >= 15 is 0 Å². The molecule has 0 bridgehead atoms. The Morgan fingerprint density at radius 3 is 2.58 bits per heavy atom. The molecule has 0 fully saturated rings. The van der Waals surface area contributed by atoms with Gasteiger partial charge >= 0.3 is 0 Å². The number of rotatable bonds is 6. The highest BCUT2D eigenvalue weighted by molar-refractivity contribution is 7.92. The maximum Gasteiger partial charge on any atom is 0.238 e. The second-order valence-electron chi connectivity index (χ2n) is 3.87. The topological polar surface area (TPSA) is 96.5 Å². The summed E-state index contributed by atoms with van der Waals surface area (Å²) in [6.45, 7) is 0.168. The van der Waals surface area contributed by atoms with Crippen LogP contribution in [0.15, 0.2) is 18.2 Å². The first kappa shape index (κ1) is 15.3. The SMILES string of the molecule is CNCC(=O)Nc1ccc(OC)c(NS(C)(=O)=O)c1. The van der Waals surface area contributed by atoms with Gasteiger partial charge in [-0.1, -0.05) is 0 Å². The van der Waals surface area contributed by atoms with Crippen LogP contribution in [-0.4, -0.2) is 41.3 Å². The summed E-state index contributed by atoms with van der Waals surface area (Å²) in [5, 5.41) is 5.34. The van der Waals surface area contributed by atoms with Gasteiger partial charge in [0, 0.05) is 5.69 Å². The summed E-state index contributed by atoms with van der Waals surface area (Å²) in [6, 6.07) is 4.69. The lowest BCUT2D eigenvalue weighted by molar-refractivity contribution is -0.115. The van der Waals surface area contributed by atoms with Crippen LogP contribution in [0.2, 0.25) is 0 Å². The van der Waals surface area contributed by atoms with Gasteiger partial charge in [-0.15, -0.1) is 0 Å². The highest BCUT2D eigenvalue weighted by atomic mass is 32.2. The van der Waals surface area contributed by atoms with Crippen molar-refractivity contribution in [3.63, 3.8) is 0 Å². The number of methoxy groups -OCH3 is 1. The van der Waals surface area contributed by atoms with Gasteiger partial charge in [-0.2, -0.15) is 0 Å². The molecule has 0 spiro atoms. The van der Waals surface area contributed by atoms with E-state index in [0.717, 1.165) is 6.26 Å². The quantitative estimate of drug-likeness (QED) is 0.695. The fourth-order valence-corrected chi connectivity index (χ4v) is 1.99. The Kier molecular flexibility index (Phi) is 5.13. The molecule has 0 saturated heterocycles. The van der Waals surface area contributed by atoms with Gasteiger partial charge < -0.3 is 15.4 Å². The van der Waals surface area contributed by atoms with Crippen molar-refractivity contribution < 1.29 is 17.9 Å². The van der Waals surface area contributed by atoms with Crippen LogP contribution in [0, 0.1) is 0 Å². The van der Waals surface area contributed by atoms with E-state index in [-0.39, 0.29) is 18.1 Å². The number of carbonyl (C=O) groups is 1. The average Bonchev–Trinajstić information content (AvgIpc) is 2.27. The number of sulfonamides is 1. The number of nitrogens with one attached hydrogen (secondary N) is 3. The molecule has 3 N–H and O–H groups in total. The van der Waals surface area contributed by atoms with Crippen molar-refractivity contribution in [1.82, 2.24) is 5.32 Å². The van der Waals surface area contributed by atoms with Crippen molar-refractivity contribution in [2.75, 3.05) is 37.0 Å². The number of anilines is 2. The third-order valence-electron chi connectivity index (χ3n) is 2.12. The molecule has 7 nitrogen and oxygen atoms in total. The van der Waals surface area contributed by atoms with E-state index in [1.807, 2.05) is 0 Å². The molecular weight excluding hydrogens is 270 g/mol. The number of ether oxygens (including phenoxy) is 1. The van der Waals surface area contributed by atoms with Gasteiger partial charge in [-0.05, 0) is 25.2 Å². The van der Waals surface area contributed by atoms with Gasteiger partial charge in [0.05, 0.1) is 25.6 Å². The first-order valence-electron chi connectivity index (χ1n) is 5.46. The molecule has 19 heavy (non-hydrogen) atoms. The van der Waals surface area contributed by atoms with Crippen molar-refractivity contribution in [2.24, 2.45) is 0 Å². The Morgan fingerprint density at radius 2 is 2.05 bits per heavy atom. The van der Waals surface area contributed by atoms with E-state index in [0.29, 0.717) is 11.4 Å².